The molecule has 0 saturated carbocycles. The number of aryl methyl sites for hydroxylation is 1. The Morgan fingerprint density at radius 2 is 1.69 bits per heavy atom. The van der Waals surface area contributed by atoms with Crippen molar-refractivity contribution in [2.45, 2.75) is 6.92 Å². The fourth-order valence-corrected chi connectivity index (χ4v) is 3.28. The van der Waals surface area contributed by atoms with E-state index in [0.29, 0.717) is 40.2 Å². The topological polar surface area (TPSA) is 110 Å². The zero-order valence-corrected chi connectivity index (χ0v) is 19.3. The number of carbonyl (C=O) groups excluding carboxylic acids is 1. The Labute approximate surface area is 201 Å². The molecule has 0 aliphatic rings. The molecule has 0 unspecified atom stereocenters. The minimum Gasteiger partial charge on any atom is -0.494 e. The van der Waals surface area contributed by atoms with Crippen molar-refractivity contribution in [2.75, 3.05) is 30.1 Å². The fourth-order valence-electron chi connectivity index (χ4n) is 3.28. The van der Waals surface area contributed by atoms with Gasteiger partial charge in [-0.1, -0.05) is 0 Å². The molecule has 0 saturated heterocycles. The Hall–Kier alpha value is -4.73. The fraction of sp³-hybridized carbons (Fsp3) is 0.120. The van der Waals surface area contributed by atoms with Crippen molar-refractivity contribution in [3.8, 4) is 28.6 Å². The van der Waals surface area contributed by atoms with Crippen LogP contribution >= 0.6 is 0 Å². The number of hydrogen-bond donors (Lipinski definition) is 3. The van der Waals surface area contributed by atoms with Crippen molar-refractivity contribution >= 4 is 23.4 Å². The molecule has 0 bridgehead atoms. The van der Waals surface area contributed by atoms with E-state index in [0.717, 1.165) is 5.56 Å². The highest BCUT2D eigenvalue weighted by molar-refractivity contribution is 5.99. The number of carbonyl (C=O) groups is 1. The molecule has 2 aromatic heterocycles. The number of hydrogen-bond acceptors (Lipinski definition) is 7. The van der Waals surface area contributed by atoms with Crippen molar-refractivity contribution in [1.82, 2.24) is 15.0 Å². The number of rotatable bonds is 7. The molecular weight excluding hydrogens is 451 g/mol. The number of anilines is 3. The number of benzene rings is 2. The molecule has 2 aromatic carbocycles. The first-order valence-corrected chi connectivity index (χ1v) is 10.6. The third-order valence-corrected chi connectivity index (χ3v) is 4.98. The molecule has 178 valence electrons. The number of halogens is 1. The van der Waals surface area contributed by atoms with Crippen LogP contribution < -0.4 is 25.4 Å². The van der Waals surface area contributed by atoms with E-state index in [9.17, 15) is 9.18 Å². The zero-order valence-electron chi connectivity index (χ0n) is 19.3. The normalized spacial score (nSPS) is 10.4. The Bertz CT molecular complexity index is 1360. The summed E-state index contributed by atoms with van der Waals surface area (Å²) in [6.07, 6.45) is 3.29. The second-order valence-electron chi connectivity index (χ2n) is 7.38. The van der Waals surface area contributed by atoms with Crippen LogP contribution in [-0.4, -0.2) is 35.1 Å². The van der Waals surface area contributed by atoms with Gasteiger partial charge in [-0.3, -0.25) is 0 Å². The standard InChI is InChI=1S/C25H23FN6O3/c1-15-13-16(30-25(33)31-17-7-9-22(34-3)19(26)14-17)6-8-21(15)35-23-18(5-4-11-28-23)20-10-12-29-24(27-2)32-20/h4-14H,1-3H3,(H,27,29,32)(H2,30,31,33). The smallest absolute Gasteiger partial charge is 0.323 e. The summed E-state index contributed by atoms with van der Waals surface area (Å²) in [6, 6.07) is 14.3. The first kappa shape index (κ1) is 23.4. The Morgan fingerprint density at radius 1 is 0.943 bits per heavy atom. The van der Waals surface area contributed by atoms with Gasteiger partial charge in [-0.15, -0.1) is 0 Å². The van der Waals surface area contributed by atoms with E-state index in [4.69, 9.17) is 9.47 Å². The van der Waals surface area contributed by atoms with Crippen molar-refractivity contribution in [3.63, 3.8) is 0 Å². The first-order valence-electron chi connectivity index (χ1n) is 10.6. The summed E-state index contributed by atoms with van der Waals surface area (Å²) in [5.41, 5.74) is 2.98. The van der Waals surface area contributed by atoms with Gasteiger partial charge in [0, 0.05) is 36.9 Å². The van der Waals surface area contributed by atoms with Crippen LogP contribution in [0.2, 0.25) is 0 Å². The van der Waals surface area contributed by atoms with E-state index >= 15 is 0 Å². The molecule has 0 radical (unpaired) electrons. The average molecular weight is 474 g/mol. The average Bonchev–Trinajstić information content (AvgIpc) is 2.86. The lowest BCUT2D eigenvalue weighted by Crippen LogP contribution is -2.19. The summed E-state index contributed by atoms with van der Waals surface area (Å²) in [5, 5.41) is 8.22. The Kier molecular flexibility index (Phi) is 7.01. The van der Waals surface area contributed by atoms with E-state index in [1.165, 1.54) is 19.2 Å². The molecule has 2 heterocycles. The molecule has 0 fully saturated rings. The highest BCUT2D eigenvalue weighted by Gasteiger charge is 2.13. The lowest BCUT2D eigenvalue weighted by molar-refractivity contribution is 0.262. The van der Waals surface area contributed by atoms with Gasteiger partial charge in [0.05, 0.1) is 18.4 Å². The van der Waals surface area contributed by atoms with Gasteiger partial charge in [-0.25, -0.2) is 24.1 Å². The number of aromatic nitrogens is 3. The number of ether oxygens (including phenoxy) is 2. The van der Waals surface area contributed by atoms with Crippen molar-refractivity contribution in [3.05, 3.63) is 78.4 Å². The number of nitrogens with one attached hydrogen (secondary N) is 3. The Balaban J connectivity index is 1.47. The number of nitrogens with zero attached hydrogens (tertiary/aromatic N) is 3. The first-order chi connectivity index (χ1) is 17.0. The summed E-state index contributed by atoms with van der Waals surface area (Å²) < 4.78 is 24.8. The van der Waals surface area contributed by atoms with Gasteiger partial charge in [-0.05, 0) is 61.0 Å². The molecule has 0 aliphatic heterocycles. The SMILES string of the molecule is CNc1nccc(-c2cccnc2Oc2ccc(NC(=O)Nc3ccc(OC)c(F)c3)cc2C)n1. The van der Waals surface area contributed by atoms with Crippen LogP contribution in [0, 0.1) is 12.7 Å². The molecule has 2 amide bonds. The van der Waals surface area contributed by atoms with Crippen LogP contribution in [-0.2, 0) is 0 Å². The molecule has 0 spiro atoms. The summed E-state index contributed by atoms with van der Waals surface area (Å²) in [4.78, 5) is 25.3. The zero-order chi connectivity index (χ0) is 24.8. The van der Waals surface area contributed by atoms with E-state index < -0.39 is 11.8 Å². The van der Waals surface area contributed by atoms with E-state index in [2.05, 4.69) is 30.9 Å². The molecular formula is C25H23FN6O3. The minimum absolute atomic E-state index is 0.0976. The molecule has 0 aliphatic carbocycles. The minimum atomic E-state index is -0.569. The lowest BCUT2D eigenvalue weighted by atomic mass is 10.2. The van der Waals surface area contributed by atoms with Crippen LogP contribution in [0.15, 0.2) is 67.0 Å². The van der Waals surface area contributed by atoms with Gasteiger partial charge in [0.2, 0.25) is 11.8 Å². The number of urea groups is 1. The van der Waals surface area contributed by atoms with Gasteiger partial charge in [0.25, 0.3) is 0 Å². The van der Waals surface area contributed by atoms with Gasteiger partial charge in [-0.2, -0.15) is 0 Å². The van der Waals surface area contributed by atoms with Crippen LogP contribution in [0.5, 0.6) is 17.4 Å². The second kappa shape index (κ2) is 10.5. The van der Waals surface area contributed by atoms with Crippen LogP contribution in [0.4, 0.5) is 26.5 Å². The van der Waals surface area contributed by atoms with Gasteiger partial charge < -0.3 is 25.4 Å². The highest BCUT2D eigenvalue weighted by atomic mass is 19.1. The number of pyridine rings is 1. The number of methoxy groups -OCH3 is 1. The predicted octanol–water partition coefficient (Wildman–Crippen LogP) is 5.47. The largest absolute Gasteiger partial charge is 0.494 e. The summed E-state index contributed by atoms with van der Waals surface area (Å²) in [5.74, 6) is 0.966. The van der Waals surface area contributed by atoms with Gasteiger partial charge >= 0.3 is 6.03 Å². The van der Waals surface area contributed by atoms with Crippen molar-refractivity contribution in [1.29, 1.82) is 0 Å². The quantitative estimate of drug-likeness (QED) is 0.326. The molecule has 0 atom stereocenters. The monoisotopic (exact) mass is 474 g/mol. The van der Waals surface area contributed by atoms with Crippen LogP contribution in [0.25, 0.3) is 11.3 Å². The second-order valence-corrected chi connectivity index (χ2v) is 7.38. The lowest BCUT2D eigenvalue weighted by Gasteiger charge is -2.13. The molecule has 10 heteroatoms. The third-order valence-electron chi connectivity index (χ3n) is 4.98. The molecule has 35 heavy (non-hydrogen) atoms. The molecule has 4 aromatic rings. The highest BCUT2D eigenvalue weighted by Crippen LogP contribution is 2.33. The summed E-state index contributed by atoms with van der Waals surface area (Å²) in [6.45, 7) is 1.85. The number of amides is 2. The molecule has 9 nitrogen and oxygen atoms in total. The van der Waals surface area contributed by atoms with Crippen molar-refractivity contribution < 1.29 is 18.7 Å². The molecule has 4 rings (SSSR count). The third kappa shape index (κ3) is 5.61. The van der Waals surface area contributed by atoms with Crippen LogP contribution in [0.3, 0.4) is 0 Å². The molecule has 3 N–H and O–H groups in total. The maximum atomic E-state index is 13.9. The van der Waals surface area contributed by atoms with Crippen LogP contribution in [0.1, 0.15) is 5.56 Å². The van der Waals surface area contributed by atoms with Gasteiger partial charge in [0.1, 0.15) is 5.75 Å². The van der Waals surface area contributed by atoms with E-state index in [-0.39, 0.29) is 5.75 Å². The van der Waals surface area contributed by atoms with Crippen molar-refractivity contribution in [2.24, 2.45) is 0 Å². The maximum Gasteiger partial charge on any atom is 0.323 e. The summed E-state index contributed by atoms with van der Waals surface area (Å²) >= 11 is 0. The van der Waals surface area contributed by atoms with Gasteiger partial charge in [0.15, 0.2) is 11.6 Å². The van der Waals surface area contributed by atoms with E-state index in [1.54, 1.807) is 55.8 Å². The predicted molar refractivity (Wildman–Crippen MR) is 132 cm³/mol. The Morgan fingerprint density at radius 3 is 2.37 bits per heavy atom. The summed E-state index contributed by atoms with van der Waals surface area (Å²) in [7, 11) is 3.12. The van der Waals surface area contributed by atoms with E-state index in [1.807, 2.05) is 13.0 Å². The maximum absolute atomic E-state index is 13.9.